The highest BCUT2D eigenvalue weighted by Crippen LogP contribution is 2.26. The normalized spacial score (nSPS) is 21.0. The van der Waals surface area contributed by atoms with Crippen molar-refractivity contribution in [1.82, 2.24) is 19.9 Å². The summed E-state index contributed by atoms with van der Waals surface area (Å²) in [4.78, 5) is 15.0. The van der Waals surface area contributed by atoms with Crippen molar-refractivity contribution >= 4 is 5.91 Å². The Morgan fingerprint density at radius 1 is 1.35 bits per heavy atom. The Hall–Kier alpha value is -2.21. The van der Waals surface area contributed by atoms with Crippen LogP contribution in [0.25, 0.3) is 0 Å². The first-order valence-corrected chi connectivity index (χ1v) is 8.16. The minimum absolute atomic E-state index is 0.133. The third-order valence-corrected chi connectivity index (χ3v) is 4.76. The van der Waals surface area contributed by atoms with E-state index >= 15 is 0 Å². The van der Waals surface area contributed by atoms with Gasteiger partial charge < -0.3 is 9.64 Å². The zero-order valence-corrected chi connectivity index (χ0v) is 13.0. The fraction of sp³-hybridized carbons (Fsp3) is 0.471. The van der Waals surface area contributed by atoms with Crippen molar-refractivity contribution in [3.63, 3.8) is 0 Å². The average Bonchev–Trinajstić information content (AvgIpc) is 3.15. The summed E-state index contributed by atoms with van der Waals surface area (Å²) in [7, 11) is 0. The summed E-state index contributed by atoms with van der Waals surface area (Å²) in [6.07, 6.45) is 6.41. The highest BCUT2D eigenvalue weighted by atomic mass is 16.5. The van der Waals surface area contributed by atoms with Gasteiger partial charge in [-0.15, -0.1) is 5.10 Å². The Kier molecular flexibility index (Phi) is 3.83. The van der Waals surface area contributed by atoms with Crippen molar-refractivity contribution in [1.29, 1.82) is 0 Å². The Morgan fingerprint density at radius 2 is 2.30 bits per heavy atom. The SMILES string of the molecule is O=C(c1cccc2c1CCOC2)N1CCC[C@H](n2ccnn2)C1. The smallest absolute Gasteiger partial charge is 0.254 e. The van der Waals surface area contributed by atoms with E-state index in [4.69, 9.17) is 4.74 Å². The summed E-state index contributed by atoms with van der Waals surface area (Å²) in [6, 6.07) is 6.18. The van der Waals surface area contributed by atoms with E-state index < -0.39 is 0 Å². The number of likely N-dealkylation sites (tertiary alicyclic amines) is 1. The molecular weight excluding hydrogens is 292 g/mol. The molecular formula is C17H20N4O2. The van der Waals surface area contributed by atoms with Gasteiger partial charge in [0, 0.05) is 24.8 Å². The van der Waals surface area contributed by atoms with E-state index in [9.17, 15) is 4.79 Å². The van der Waals surface area contributed by atoms with Gasteiger partial charge in [0.1, 0.15) is 0 Å². The van der Waals surface area contributed by atoms with Gasteiger partial charge in [0.05, 0.1) is 25.5 Å². The molecule has 1 amide bonds. The lowest BCUT2D eigenvalue weighted by Crippen LogP contribution is -2.41. The third kappa shape index (κ3) is 2.74. The van der Waals surface area contributed by atoms with Gasteiger partial charge >= 0.3 is 0 Å². The van der Waals surface area contributed by atoms with Crippen LogP contribution in [0, 0.1) is 0 Å². The number of amides is 1. The lowest BCUT2D eigenvalue weighted by molar-refractivity contribution is 0.0666. The number of ether oxygens (including phenoxy) is 1. The average molecular weight is 312 g/mol. The van der Waals surface area contributed by atoms with Crippen molar-refractivity contribution in [2.45, 2.75) is 31.9 Å². The summed E-state index contributed by atoms with van der Waals surface area (Å²) < 4.78 is 7.37. The van der Waals surface area contributed by atoms with E-state index in [1.807, 2.05) is 27.9 Å². The molecule has 3 heterocycles. The first-order valence-electron chi connectivity index (χ1n) is 8.16. The van der Waals surface area contributed by atoms with Gasteiger partial charge in [0.15, 0.2) is 0 Å². The van der Waals surface area contributed by atoms with Crippen LogP contribution >= 0.6 is 0 Å². The molecule has 6 heteroatoms. The highest BCUT2D eigenvalue weighted by Gasteiger charge is 2.28. The van der Waals surface area contributed by atoms with Crippen LogP contribution in [0.5, 0.6) is 0 Å². The number of nitrogens with zero attached hydrogens (tertiary/aromatic N) is 4. The summed E-state index contributed by atoms with van der Waals surface area (Å²) in [5, 5.41) is 7.97. The van der Waals surface area contributed by atoms with Crippen LogP contribution in [0.4, 0.5) is 0 Å². The number of rotatable bonds is 2. The van der Waals surface area contributed by atoms with Crippen LogP contribution in [0.2, 0.25) is 0 Å². The van der Waals surface area contributed by atoms with Crippen LogP contribution < -0.4 is 0 Å². The molecule has 1 aromatic carbocycles. The van der Waals surface area contributed by atoms with E-state index in [0.29, 0.717) is 19.8 Å². The molecule has 2 aromatic rings. The maximum absolute atomic E-state index is 13.0. The fourth-order valence-corrected chi connectivity index (χ4v) is 3.56. The maximum atomic E-state index is 13.0. The van der Waals surface area contributed by atoms with Crippen LogP contribution in [0.3, 0.4) is 0 Å². The first-order chi connectivity index (χ1) is 11.3. The number of benzene rings is 1. The van der Waals surface area contributed by atoms with Crippen molar-refractivity contribution in [3.8, 4) is 0 Å². The molecule has 2 aliphatic rings. The second kappa shape index (κ2) is 6.12. The standard InChI is InChI=1S/C17H20N4O2/c22-17(16-5-1-3-13-12-23-10-6-15(13)16)20-8-2-4-14(11-20)21-9-7-18-19-21/h1,3,5,7,9,14H,2,4,6,8,10-12H2/t14-/m0/s1. The summed E-state index contributed by atoms with van der Waals surface area (Å²) >= 11 is 0. The third-order valence-electron chi connectivity index (χ3n) is 4.76. The van der Waals surface area contributed by atoms with Gasteiger partial charge in [-0.1, -0.05) is 17.3 Å². The van der Waals surface area contributed by atoms with Crippen LogP contribution in [0.1, 0.15) is 40.4 Å². The number of aromatic nitrogens is 3. The van der Waals surface area contributed by atoms with Gasteiger partial charge in [0.2, 0.25) is 0 Å². The molecule has 0 radical (unpaired) electrons. The highest BCUT2D eigenvalue weighted by molar-refractivity contribution is 5.96. The van der Waals surface area contributed by atoms with E-state index in [2.05, 4.69) is 16.4 Å². The van der Waals surface area contributed by atoms with Gasteiger partial charge in [-0.05, 0) is 36.5 Å². The summed E-state index contributed by atoms with van der Waals surface area (Å²) in [6.45, 7) is 2.81. The van der Waals surface area contributed by atoms with Crippen molar-refractivity contribution in [3.05, 3.63) is 47.3 Å². The van der Waals surface area contributed by atoms with Crippen LogP contribution in [0.15, 0.2) is 30.6 Å². The topological polar surface area (TPSA) is 60.2 Å². The number of carbonyl (C=O) groups is 1. The van der Waals surface area contributed by atoms with E-state index in [1.54, 1.807) is 6.20 Å². The zero-order valence-electron chi connectivity index (χ0n) is 13.0. The molecule has 0 unspecified atom stereocenters. The lowest BCUT2D eigenvalue weighted by atomic mass is 9.95. The van der Waals surface area contributed by atoms with Crippen LogP contribution in [-0.2, 0) is 17.8 Å². The molecule has 1 saturated heterocycles. The monoisotopic (exact) mass is 312 g/mol. The van der Waals surface area contributed by atoms with Gasteiger partial charge in [0.25, 0.3) is 5.91 Å². The zero-order chi connectivity index (χ0) is 15.6. The Bertz CT molecular complexity index is 699. The molecule has 2 aliphatic heterocycles. The quantitative estimate of drug-likeness (QED) is 0.849. The lowest BCUT2D eigenvalue weighted by Gasteiger charge is -2.33. The first kappa shape index (κ1) is 14.4. The Balaban J connectivity index is 1.57. The van der Waals surface area contributed by atoms with Gasteiger partial charge in [-0.2, -0.15) is 0 Å². The molecule has 0 N–H and O–H groups in total. The molecule has 1 aromatic heterocycles. The number of carbonyl (C=O) groups excluding carboxylic acids is 1. The molecule has 0 aliphatic carbocycles. The molecule has 1 atom stereocenters. The molecule has 1 fully saturated rings. The number of piperidine rings is 1. The number of hydrogen-bond donors (Lipinski definition) is 0. The maximum Gasteiger partial charge on any atom is 0.254 e. The minimum Gasteiger partial charge on any atom is -0.376 e. The largest absolute Gasteiger partial charge is 0.376 e. The summed E-state index contributed by atoms with van der Waals surface area (Å²) in [5.74, 6) is 0.133. The number of fused-ring (bicyclic) bond motifs is 1. The summed E-state index contributed by atoms with van der Waals surface area (Å²) in [5.41, 5.74) is 3.14. The molecule has 6 nitrogen and oxygen atoms in total. The Labute approximate surface area is 135 Å². The van der Waals surface area contributed by atoms with Gasteiger partial charge in [-0.25, -0.2) is 4.68 Å². The molecule has 120 valence electrons. The van der Waals surface area contributed by atoms with E-state index in [-0.39, 0.29) is 11.9 Å². The molecule has 0 saturated carbocycles. The van der Waals surface area contributed by atoms with E-state index in [1.165, 1.54) is 0 Å². The Morgan fingerprint density at radius 3 is 3.17 bits per heavy atom. The van der Waals surface area contributed by atoms with Gasteiger partial charge in [-0.3, -0.25) is 4.79 Å². The second-order valence-electron chi connectivity index (χ2n) is 6.18. The van der Waals surface area contributed by atoms with E-state index in [0.717, 1.165) is 42.5 Å². The minimum atomic E-state index is 0.133. The van der Waals surface area contributed by atoms with Crippen molar-refractivity contribution in [2.75, 3.05) is 19.7 Å². The molecule has 23 heavy (non-hydrogen) atoms. The molecule has 0 spiro atoms. The van der Waals surface area contributed by atoms with Crippen molar-refractivity contribution in [2.24, 2.45) is 0 Å². The van der Waals surface area contributed by atoms with Crippen LogP contribution in [-0.4, -0.2) is 45.5 Å². The predicted molar refractivity (Wildman–Crippen MR) is 84.0 cm³/mol. The number of hydrogen-bond acceptors (Lipinski definition) is 4. The molecule has 4 rings (SSSR count). The second-order valence-corrected chi connectivity index (χ2v) is 6.18. The fourth-order valence-electron chi connectivity index (χ4n) is 3.56. The molecule has 0 bridgehead atoms. The predicted octanol–water partition coefficient (Wildman–Crippen LogP) is 1.83. The van der Waals surface area contributed by atoms with Crippen molar-refractivity contribution < 1.29 is 9.53 Å².